The molecule has 0 saturated heterocycles. The summed E-state index contributed by atoms with van der Waals surface area (Å²) in [6.07, 6.45) is 0. The van der Waals surface area contributed by atoms with Crippen molar-refractivity contribution in [3.05, 3.63) is 78.9 Å². The van der Waals surface area contributed by atoms with Gasteiger partial charge in [-0.2, -0.15) is 5.10 Å². The van der Waals surface area contributed by atoms with Crippen LogP contribution in [-0.2, 0) is 4.79 Å². The second kappa shape index (κ2) is 11.4. The van der Waals surface area contributed by atoms with Crippen molar-refractivity contribution in [2.45, 2.75) is 33.2 Å². The first kappa shape index (κ1) is 26.7. The number of rotatable bonds is 9. The van der Waals surface area contributed by atoms with E-state index in [-0.39, 0.29) is 18.1 Å². The van der Waals surface area contributed by atoms with Gasteiger partial charge in [0.25, 0.3) is 5.91 Å². The number of H-pyrrole nitrogens is 1. The number of hydrogen-bond donors (Lipinski definition) is 3. The first-order valence-corrected chi connectivity index (χ1v) is 13.1. The fourth-order valence-electron chi connectivity index (χ4n) is 4.19. The Morgan fingerprint density at radius 3 is 2.42 bits per heavy atom. The monoisotopic (exact) mass is 536 g/mol. The van der Waals surface area contributed by atoms with Gasteiger partial charge in [-0.25, -0.2) is 9.97 Å². The predicted molar refractivity (Wildman–Crippen MR) is 157 cm³/mol. The van der Waals surface area contributed by atoms with Gasteiger partial charge >= 0.3 is 0 Å². The number of hydrogen-bond acceptors (Lipinski definition) is 7. The summed E-state index contributed by atoms with van der Waals surface area (Å²) in [6, 6.07) is 25.0. The number of nitrogens with zero attached hydrogens (tertiary/aromatic N) is 3. The van der Waals surface area contributed by atoms with E-state index in [0.717, 1.165) is 33.5 Å². The van der Waals surface area contributed by atoms with E-state index in [1.165, 1.54) is 0 Å². The summed E-state index contributed by atoms with van der Waals surface area (Å²) in [4.78, 5) is 21.9. The molecule has 2 aromatic heterocycles. The molecule has 40 heavy (non-hydrogen) atoms. The van der Waals surface area contributed by atoms with Crippen LogP contribution in [0.1, 0.15) is 27.7 Å². The van der Waals surface area contributed by atoms with Crippen LogP contribution in [0.3, 0.4) is 0 Å². The maximum atomic E-state index is 12.2. The van der Waals surface area contributed by atoms with Crippen molar-refractivity contribution < 1.29 is 14.3 Å². The molecule has 9 nitrogen and oxygen atoms in total. The number of aromatic amines is 1. The third kappa shape index (κ3) is 6.55. The van der Waals surface area contributed by atoms with E-state index in [4.69, 9.17) is 19.4 Å². The number of carbonyl (C=O) groups excluding carboxylic acids is 1. The maximum absolute atomic E-state index is 12.2. The fraction of sp³-hybridized carbons (Fsp3) is 0.226. The predicted octanol–water partition coefficient (Wildman–Crippen LogP) is 6.12. The topological polar surface area (TPSA) is 114 Å². The molecule has 0 spiro atoms. The van der Waals surface area contributed by atoms with Crippen molar-refractivity contribution in [3.8, 4) is 34.1 Å². The highest BCUT2D eigenvalue weighted by Gasteiger charge is 2.16. The molecular formula is C31H32N6O3. The maximum Gasteiger partial charge on any atom is 0.258 e. The van der Waals surface area contributed by atoms with Gasteiger partial charge in [0.1, 0.15) is 17.3 Å². The Morgan fingerprint density at radius 1 is 0.875 bits per heavy atom. The minimum absolute atomic E-state index is 0.0881. The van der Waals surface area contributed by atoms with Crippen molar-refractivity contribution in [2.24, 2.45) is 0 Å². The lowest BCUT2D eigenvalue weighted by atomic mass is 10.1. The number of benzene rings is 3. The number of amides is 1. The molecule has 0 bridgehead atoms. The molecule has 5 aromatic rings. The molecule has 0 aliphatic heterocycles. The van der Waals surface area contributed by atoms with Crippen LogP contribution >= 0.6 is 0 Å². The van der Waals surface area contributed by atoms with E-state index in [1.807, 2.05) is 100 Å². The lowest BCUT2D eigenvalue weighted by Gasteiger charge is -2.20. The third-order valence-corrected chi connectivity index (χ3v) is 5.86. The summed E-state index contributed by atoms with van der Waals surface area (Å²) >= 11 is 0. The summed E-state index contributed by atoms with van der Waals surface area (Å²) in [5, 5.41) is 14.6. The van der Waals surface area contributed by atoms with E-state index in [9.17, 15) is 4.79 Å². The molecule has 204 valence electrons. The lowest BCUT2D eigenvalue weighted by molar-refractivity contribution is -0.124. The van der Waals surface area contributed by atoms with Gasteiger partial charge in [0.2, 0.25) is 0 Å². The van der Waals surface area contributed by atoms with Gasteiger partial charge in [-0.15, -0.1) is 0 Å². The Bertz CT molecular complexity index is 1630. The largest absolute Gasteiger partial charge is 0.494 e. The van der Waals surface area contributed by atoms with Gasteiger partial charge in [0.05, 0.1) is 17.8 Å². The number of ether oxygens (including phenoxy) is 2. The summed E-state index contributed by atoms with van der Waals surface area (Å²) in [7, 11) is 0. The Hall–Kier alpha value is -4.92. The Labute approximate surface area is 233 Å². The average Bonchev–Trinajstić information content (AvgIpc) is 3.40. The normalized spacial score (nSPS) is 11.3. The summed E-state index contributed by atoms with van der Waals surface area (Å²) in [5.41, 5.74) is 3.08. The standard InChI is InChI=1S/C31H32N6O3/c1-5-39-23-14-15-25-24(17-23)30(33-27-18-26(36-37-27)20-10-7-6-8-11-20)34-29(32-25)21-12-9-13-22(16-21)40-19-28(38)35-31(2,3)4/h6-18H,5,19H2,1-4H3,(H,35,38)(H2,32,33,34,36,37). The zero-order valence-corrected chi connectivity index (χ0v) is 23.0. The van der Waals surface area contributed by atoms with Crippen LogP contribution in [0.15, 0.2) is 78.9 Å². The molecule has 0 saturated carbocycles. The Balaban J connectivity index is 1.47. The van der Waals surface area contributed by atoms with Gasteiger partial charge in [0, 0.05) is 22.6 Å². The van der Waals surface area contributed by atoms with Crippen molar-refractivity contribution in [2.75, 3.05) is 18.5 Å². The minimum Gasteiger partial charge on any atom is -0.494 e. The highest BCUT2D eigenvalue weighted by Crippen LogP contribution is 2.31. The number of fused-ring (bicyclic) bond motifs is 1. The van der Waals surface area contributed by atoms with Crippen LogP contribution in [-0.4, -0.2) is 44.8 Å². The zero-order valence-electron chi connectivity index (χ0n) is 23.0. The number of nitrogens with one attached hydrogen (secondary N) is 3. The summed E-state index contributed by atoms with van der Waals surface area (Å²) in [6.45, 7) is 8.19. The molecule has 0 radical (unpaired) electrons. The molecule has 5 rings (SSSR count). The van der Waals surface area contributed by atoms with E-state index in [2.05, 4.69) is 20.8 Å². The van der Waals surface area contributed by atoms with Crippen LogP contribution in [0, 0.1) is 0 Å². The highest BCUT2D eigenvalue weighted by atomic mass is 16.5. The van der Waals surface area contributed by atoms with Crippen LogP contribution in [0.2, 0.25) is 0 Å². The van der Waals surface area contributed by atoms with Crippen molar-refractivity contribution in [1.82, 2.24) is 25.5 Å². The van der Waals surface area contributed by atoms with E-state index in [1.54, 1.807) is 6.07 Å². The quantitative estimate of drug-likeness (QED) is 0.208. The van der Waals surface area contributed by atoms with Gasteiger partial charge in [-0.05, 0) is 63.6 Å². The van der Waals surface area contributed by atoms with Crippen molar-refractivity contribution in [3.63, 3.8) is 0 Å². The second-order valence-electron chi connectivity index (χ2n) is 10.3. The van der Waals surface area contributed by atoms with E-state index < -0.39 is 0 Å². The Kier molecular flexibility index (Phi) is 7.63. The number of carbonyl (C=O) groups is 1. The molecule has 0 atom stereocenters. The fourth-order valence-corrected chi connectivity index (χ4v) is 4.19. The van der Waals surface area contributed by atoms with Crippen LogP contribution in [0.25, 0.3) is 33.5 Å². The van der Waals surface area contributed by atoms with Gasteiger partial charge in [-0.3, -0.25) is 9.89 Å². The Morgan fingerprint density at radius 2 is 1.65 bits per heavy atom. The summed E-state index contributed by atoms with van der Waals surface area (Å²) < 4.78 is 11.5. The first-order valence-electron chi connectivity index (χ1n) is 13.1. The molecule has 0 fully saturated rings. The smallest absolute Gasteiger partial charge is 0.258 e. The minimum atomic E-state index is -0.331. The van der Waals surface area contributed by atoms with Crippen LogP contribution in [0.5, 0.6) is 11.5 Å². The molecule has 2 heterocycles. The summed E-state index contributed by atoms with van der Waals surface area (Å²) in [5.74, 6) is 2.79. The first-order chi connectivity index (χ1) is 19.3. The average molecular weight is 537 g/mol. The molecule has 0 aliphatic carbocycles. The molecule has 0 aliphatic rings. The zero-order chi connectivity index (χ0) is 28.1. The van der Waals surface area contributed by atoms with Gasteiger partial charge in [0.15, 0.2) is 18.2 Å². The van der Waals surface area contributed by atoms with Gasteiger partial charge < -0.3 is 20.1 Å². The van der Waals surface area contributed by atoms with Crippen LogP contribution < -0.4 is 20.1 Å². The number of anilines is 2. The molecule has 3 N–H and O–H groups in total. The highest BCUT2D eigenvalue weighted by molar-refractivity contribution is 5.93. The molecule has 3 aromatic carbocycles. The van der Waals surface area contributed by atoms with Gasteiger partial charge in [-0.1, -0.05) is 42.5 Å². The molecule has 1 amide bonds. The molecule has 0 unspecified atom stereocenters. The number of aromatic nitrogens is 4. The second-order valence-corrected chi connectivity index (χ2v) is 10.3. The third-order valence-electron chi connectivity index (χ3n) is 5.86. The molecular weight excluding hydrogens is 504 g/mol. The van der Waals surface area contributed by atoms with Crippen molar-refractivity contribution >= 4 is 28.4 Å². The van der Waals surface area contributed by atoms with E-state index >= 15 is 0 Å². The van der Waals surface area contributed by atoms with Crippen molar-refractivity contribution in [1.29, 1.82) is 0 Å². The lowest BCUT2D eigenvalue weighted by Crippen LogP contribution is -2.43. The molecule has 9 heteroatoms. The SMILES string of the molecule is CCOc1ccc2nc(-c3cccc(OCC(=O)NC(C)(C)C)c3)nc(Nc3cc(-c4ccccc4)[nH]n3)c2c1. The van der Waals surface area contributed by atoms with E-state index in [0.29, 0.717) is 29.8 Å². The van der Waals surface area contributed by atoms with Crippen LogP contribution in [0.4, 0.5) is 11.6 Å².